The van der Waals surface area contributed by atoms with Crippen molar-refractivity contribution in [3.05, 3.63) is 18.0 Å². The van der Waals surface area contributed by atoms with Crippen molar-refractivity contribution in [2.45, 2.75) is 25.4 Å². The summed E-state index contributed by atoms with van der Waals surface area (Å²) in [6, 6.07) is 2.52. The Morgan fingerprint density at radius 1 is 1.64 bits per heavy atom. The van der Waals surface area contributed by atoms with E-state index in [4.69, 9.17) is 5.73 Å². The Bertz CT molecular complexity index is 294. The van der Waals surface area contributed by atoms with Crippen LogP contribution >= 0.6 is 0 Å². The monoisotopic (exact) mass is 194 g/mol. The normalized spacial score (nSPS) is 24.0. The van der Waals surface area contributed by atoms with Crippen LogP contribution in [0.1, 0.15) is 24.6 Å². The molecule has 0 saturated carbocycles. The van der Waals surface area contributed by atoms with Crippen molar-refractivity contribution in [3.8, 4) is 0 Å². The van der Waals surface area contributed by atoms with Crippen molar-refractivity contribution in [1.82, 2.24) is 14.7 Å². The van der Waals surface area contributed by atoms with Gasteiger partial charge >= 0.3 is 0 Å². The molecule has 4 heteroatoms. The Kier molecular flexibility index (Phi) is 2.84. The van der Waals surface area contributed by atoms with Crippen molar-refractivity contribution in [2.75, 3.05) is 20.1 Å². The molecule has 2 rings (SSSR count). The maximum Gasteiger partial charge on any atom is 0.0650 e. The molecule has 1 aliphatic heterocycles. The minimum Gasteiger partial charge on any atom is -0.325 e. The SMILES string of the molecule is CN1CCCC(n2nccc2CN)C1. The molecule has 2 heterocycles. The minimum atomic E-state index is 0.516. The summed E-state index contributed by atoms with van der Waals surface area (Å²) in [5, 5.41) is 4.36. The molecular formula is C10H18N4. The van der Waals surface area contributed by atoms with Crippen LogP contribution in [-0.2, 0) is 6.54 Å². The summed E-state index contributed by atoms with van der Waals surface area (Å²) in [5.74, 6) is 0. The lowest BCUT2D eigenvalue weighted by atomic mass is 10.1. The molecule has 0 amide bonds. The summed E-state index contributed by atoms with van der Waals surface area (Å²) < 4.78 is 2.09. The first kappa shape index (κ1) is 9.68. The highest BCUT2D eigenvalue weighted by Gasteiger charge is 2.20. The van der Waals surface area contributed by atoms with E-state index in [0.29, 0.717) is 12.6 Å². The minimum absolute atomic E-state index is 0.516. The topological polar surface area (TPSA) is 47.1 Å². The molecule has 1 aliphatic rings. The lowest BCUT2D eigenvalue weighted by Gasteiger charge is -2.30. The fraction of sp³-hybridized carbons (Fsp3) is 0.700. The third-order valence-corrected chi connectivity index (χ3v) is 2.91. The lowest BCUT2D eigenvalue weighted by molar-refractivity contribution is 0.200. The van der Waals surface area contributed by atoms with E-state index in [0.717, 1.165) is 12.2 Å². The highest BCUT2D eigenvalue weighted by Crippen LogP contribution is 2.20. The van der Waals surface area contributed by atoms with Crippen LogP contribution in [0.15, 0.2) is 12.3 Å². The summed E-state index contributed by atoms with van der Waals surface area (Å²) in [6.07, 6.45) is 4.32. The van der Waals surface area contributed by atoms with Crippen LogP contribution < -0.4 is 5.73 Å². The molecule has 0 aromatic carbocycles. The maximum absolute atomic E-state index is 5.66. The highest BCUT2D eigenvalue weighted by molar-refractivity contribution is 5.01. The van der Waals surface area contributed by atoms with Gasteiger partial charge in [-0.2, -0.15) is 5.10 Å². The van der Waals surface area contributed by atoms with E-state index in [1.165, 1.54) is 19.4 Å². The van der Waals surface area contributed by atoms with Gasteiger partial charge < -0.3 is 10.6 Å². The third-order valence-electron chi connectivity index (χ3n) is 2.91. The Labute approximate surface area is 84.7 Å². The Morgan fingerprint density at radius 2 is 2.50 bits per heavy atom. The molecule has 14 heavy (non-hydrogen) atoms. The van der Waals surface area contributed by atoms with E-state index in [2.05, 4.69) is 21.7 Å². The first-order valence-electron chi connectivity index (χ1n) is 5.22. The second-order valence-electron chi connectivity index (χ2n) is 4.03. The number of hydrogen-bond acceptors (Lipinski definition) is 3. The fourth-order valence-electron chi connectivity index (χ4n) is 2.17. The Balaban J connectivity index is 2.13. The molecule has 1 unspecified atom stereocenters. The van der Waals surface area contributed by atoms with Crippen LogP contribution in [0.5, 0.6) is 0 Å². The van der Waals surface area contributed by atoms with Gasteiger partial charge in [-0.25, -0.2) is 0 Å². The van der Waals surface area contributed by atoms with Gasteiger partial charge in [0.15, 0.2) is 0 Å². The summed E-state index contributed by atoms with van der Waals surface area (Å²) in [6.45, 7) is 2.88. The summed E-state index contributed by atoms with van der Waals surface area (Å²) in [7, 11) is 2.16. The average molecular weight is 194 g/mol. The van der Waals surface area contributed by atoms with Gasteiger partial charge in [0, 0.05) is 19.3 Å². The Morgan fingerprint density at radius 3 is 3.21 bits per heavy atom. The smallest absolute Gasteiger partial charge is 0.0650 e. The van der Waals surface area contributed by atoms with E-state index < -0.39 is 0 Å². The molecular weight excluding hydrogens is 176 g/mol. The number of rotatable bonds is 2. The standard InChI is InChI=1S/C10H18N4/c1-13-6-2-3-10(8-13)14-9(7-11)4-5-12-14/h4-5,10H,2-3,6-8,11H2,1H3. The summed E-state index contributed by atoms with van der Waals surface area (Å²) in [4.78, 5) is 2.36. The van der Waals surface area contributed by atoms with Crippen molar-refractivity contribution in [3.63, 3.8) is 0 Å². The fourth-order valence-corrected chi connectivity index (χ4v) is 2.17. The van der Waals surface area contributed by atoms with E-state index in [1.54, 1.807) is 0 Å². The maximum atomic E-state index is 5.66. The second kappa shape index (κ2) is 4.11. The zero-order chi connectivity index (χ0) is 9.97. The number of likely N-dealkylation sites (N-methyl/N-ethyl adjacent to an activating group) is 1. The highest BCUT2D eigenvalue weighted by atomic mass is 15.3. The van der Waals surface area contributed by atoms with Crippen LogP contribution in [-0.4, -0.2) is 34.8 Å². The van der Waals surface area contributed by atoms with Gasteiger partial charge in [-0.05, 0) is 32.5 Å². The molecule has 1 saturated heterocycles. The molecule has 0 radical (unpaired) electrons. The number of piperidine rings is 1. The van der Waals surface area contributed by atoms with E-state index in [9.17, 15) is 0 Å². The predicted molar refractivity (Wildman–Crippen MR) is 55.9 cm³/mol. The van der Waals surface area contributed by atoms with Gasteiger partial charge in [0.2, 0.25) is 0 Å². The molecule has 4 nitrogen and oxygen atoms in total. The van der Waals surface area contributed by atoms with E-state index in [-0.39, 0.29) is 0 Å². The molecule has 78 valence electrons. The third kappa shape index (κ3) is 1.81. The summed E-state index contributed by atoms with van der Waals surface area (Å²) in [5.41, 5.74) is 6.81. The number of likely N-dealkylation sites (tertiary alicyclic amines) is 1. The van der Waals surface area contributed by atoms with Gasteiger partial charge in [-0.1, -0.05) is 0 Å². The number of nitrogens with zero attached hydrogens (tertiary/aromatic N) is 3. The molecule has 0 aliphatic carbocycles. The van der Waals surface area contributed by atoms with Gasteiger partial charge in [0.25, 0.3) is 0 Å². The van der Waals surface area contributed by atoms with Gasteiger partial charge in [0.05, 0.1) is 11.7 Å². The molecule has 0 bridgehead atoms. The zero-order valence-electron chi connectivity index (χ0n) is 8.69. The predicted octanol–water partition coefficient (Wildman–Crippen LogP) is 0.609. The first-order chi connectivity index (χ1) is 6.81. The molecule has 1 aromatic rings. The molecule has 0 spiro atoms. The number of nitrogens with two attached hydrogens (primary N) is 1. The Hall–Kier alpha value is -0.870. The van der Waals surface area contributed by atoms with Gasteiger partial charge in [-0.15, -0.1) is 0 Å². The molecule has 2 N–H and O–H groups in total. The average Bonchev–Trinajstić information content (AvgIpc) is 2.65. The zero-order valence-corrected chi connectivity index (χ0v) is 8.69. The molecule has 1 fully saturated rings. The van der Waals surface area contributed by atoms with Crippen LogP contribution in [0.2, 0.25) is 0 Å². The second-order valence-corrected chi connectivity index (χ2v) is 4.03. The van der Waals surface area contributed by atoms with E-state index in [1.807, 2.05) is 12.3 Å². The molecule has 1 atom stereocenters. The van der Waals surface area contributed by atoms with E-state index >= 15 is 0 Å². The number of hydrogen-bond donors (Lipinski definition) is 1. The van der Waals surface area contributed by atoms with Crippen molar-refractivity contribution in [1.29, 1.82) is 0 Å². The van der Waals surface area contributed by atoms with Crippen LogP contribution in [0.3, 0.4) is 0 Å². The molecule has 1 aromatic heterocycles. The quantitative estimate of drug-likeness (QED) is 0.750. The van der Waals surface area contributed by atoms with Crippen molar-refractivity contribution >= 4 is 0 Å². The van der Waals surface area contributed by atoms with Crippen molar-refractivity contribution < 1.29 is 0 Å². The van der Waals surface area contributed by atoms with Crippen molar-refractivity contribution in [2.24, 2.45) is 5.73 Å². The van der Waals surface area contributed by atoms with Crippen LogP contribution in [0.25, 0.3) is 0 Å². The van der Waals surface area contributed by atoms with Gasteiger partial charge in [0.1, 0.15) is 0 Å². The van der Waals surface area contributed by atoms with Crippen LogP contribution in [0, 0.1) is 0 Å². The number of aromatic nitrogens is 2. The first-order valence-corrected chi connectivity index (χ1v) is 5.22. The largest absolute Gasteiger partial charge is 0.325 e. The van der Waals surface area contributed by atoms with Crippen LogP contribution in [0.4, 0.5) is 0 Å². The summed E-state index contributed by atoms with van der Waals surface area (Å²) >= 11 is 0. The lowest BCUT2D eigenvalue weighted by Crippen LogP contribution is -2.34. The van der Waals surface area contributed by atoms with Gasteiger partial charge in [-0.3, -0.25) is 4.68 Å².